The lowest BCUT2D eigenvalue weighted by Gasteiger charge is -2.25. The van der Waals surface area contributed by atoms with Crippen LogP contribution in [0.15, 0.2) is 29.8 Å². The summed E-state index contributed by atoms with van der Waals surface area (Å²) in [6, 6.07) is 8.12. The summed E-state index contributed by atoms with van der Waals surface area (Å²) in [4.78, 5) is 11.9. The maximum atomic E-state index is 11.9. The van der Waals surface area contributed by atoms with Crippen LogP contribution in [0.2, 0.25) is 0 Å². The van der Waals surface area contributed by atoms with E-state index in [1.807, 2.05) is 24.3 Å². The van der Waals surface area contributed by atoms with Gasteiger partial charge in [0.1, 0.15) is 0 Å². The SMILES string of the molecule is CC(C)(C)C1=Cc2ccccc2CC1=O. The van der Waals surface area contributed by atoms with Crippen molar-refractivity contribution in [3.8, 4) is 0 Å². The van der Waals surface area contributed by atoms with Crippen LogP contribution in [0.3, 0.4) is 0 Å². The highest BCUT2D eigenvalue weighted by atomic mass is 16.1. The van der Waals surface area contributed by atoms with Gasteiger partial charge < -0.3 is 0 Å². The molecule has 0 atom stereocenters. The summed E-state index contributed by atoms with van der Waals surface area (Å²) in [6.45, 7) is 6.26. The molecule has 0 saturated carbocycles. The molecule has 1 heteroatoms. The Hall–Kier alpha value is -1.37. The van der Waals surface area contributed by atoms with Gasteiger partial charge in [-0.1, -0.05) is 45.0 Å². The lowest BCUT2D eigenvalue weighted by atomic mass is 9.78. The van der Waals surface area contributed by atoms with Crippen LogP contribution in [0.1, 0.15) is 31.9 Å². The minimum atomic E-state index is -0.0510. The zero-order chi connectivity index (χ0) is 11.1. The monoisotopic (exact) mass is 200 g/mol. The molecule has 1 nitrogen and oxygen atoms in total. The zero-order valence-electron chi connectivity index (χ0n) is 9.50. The van der Waals surface area contributed by atoms with Crippen LogP contribution >= 0.6 is 0 Å². The number of carbonyl (C=O) groups excluding carboxylic acids is 1. The van der Waals surface area contributed by atoms with Gasteiger partial charge in [-0.15, -0.1) is 0 Å². The summed E-state index contributed by atoms with van der Waals surface area (Å²) in [5.74, 6) is 0.265. The van der Waals surface area contributed by atoms with E-state index in [9.17, 15) is 4.79 Å². The second kappa shape index (κ2) is 3.34. The standard InChI is InChI=1S/C14H16O/c1-14(2,3)12-8-10-6-4-5-7-11(10)9-13(12)15/h4-8H,9H2,1-3H3. The van der Waals surface area contributed by atoms with Gasteiger partial charge >= 0.3 is 0 Å². The summed E-state index contributed by atoms with van der Waals surface area (Å²) in [5, 5.41) is 0. The fourth-order valence-corrected chi connectivity index (χ4v) is 1.97. The van der Waals surface area contributed by atoms with E-state index in [0.717, 1.165) is 11.1 Å². The van der Waals surface area contributed by atoms with Crippen molar-refractivity contribution < 1.29 is 4.79 Å². The third kappa shape index (κ3) is 1.87. The minimum Gasteiger partial charge on any atom is -0.294 e. The maximum Gasteiger partial charge on any atom is 0.163 e. The second-order valence-electron chi connectivity index (χ2n) is 5.11. The fourth-order valence-electron chi connectivity index (χ4n) is 1.97. The summed E-state index contributed by atoms with van der Waals surface area (Å²) < 4.78 is 0. The minimum absolute atomic E-state index is 0.0510. The number of ketones is 1. The van der Waals surface area contributed by atoms with Crippen molar-refractivity contribution in [3.63, 3.8) is 0 Å². The molecule has 0 aliphatic heterocycles. The van der Waals surface area contributed by atoms with Crippen LogP contribution < -0.4 is 0 Å². The third-order valence-electron chi connectivity index (χ3n) is 2.81. The van der Waals surface area contributed by atoms with Crippen LogP contribution in [-0.4, -0.2) is 5.78 Å². The topological polar surface area (TPSA) is 17.1 Å². The number of hydrogen-bond donors (Lipinski definition) is 0. The summed E-state index contributed by atoms with van der Waals surface area (Å²) in [5.41, 5.74) is 3.24. The Bertz CT molecular complexity index is 433. The quantitative estimate of drug-likeness (QED) is 0.628. The molecule has 1 aliphatic carbocycles. The first-order chi connectivity index (χ1) is 6.98. The molecule has 0 amide bonds. The molecule has 78 valence electrons. The predicted molar refractivity (Wildman–Crippen MR) is 62.6 cm³/mol. The molecular formula is C14H16O. The Morgan fingerprint density at radius 1 is 1.13 bits per heavy atom. The Labute approximate surface area is 90.8 Å². The van der Waals surface area contributed by atoms with Crippen molar-refractivity contribution in [1.29, 1.82) is 0 Å². The van der Waals surface area contributed by atoms with Crippen molar-refractivity contribution in [2.45, 2.75) is 27.2 Å². The molecule has 0 fully saturated rings. The second-order valence-corrected chi connectivity index (χ2v) is 5.11. The van der Waals surface area contributed by atoms with Crippen molar-refractivity contribution in [2.75, 3.05) is 0 Å². The number of fused-ring (bicyclic) bond motifs is 1. The molecule has 0 heterocycles. The molecule has 0 N–H and O–H groups in total. The molecular weight excluding hydrogens is 184 g/mol. The first kappa shape index (κ1) is 10.2. The molecule has 0 aromatic heterocycles. The van der Waals surface area contributed by atoms with E-state index in [0.29, 0.717) is 6.42 Å². The van der Waals surface area contributed by atoms with Crippen molar-refractivity contribution in [2.24, 2.45) is 5.41 Å². The van der Waals surface area contributed by atoms with Gasteiger partial charge in [0.25, 0.3) is 0 Å². The average molecular weight is 200 g/mol. The molecule has 0 bridgehead atoms. The number of rotatable bonds is 0. The Balaban J connectivity index is 2.53. The molecule has 15 heavy (non-hydrogen) atoms. The molecule has 0 unspecified atom stereocenters. The molecule has 1 aromatic carbocycles. The number of Topliss-reactive ketones (excluding diaryl/α,β-unsaturated/α-hetero) is 1. The number of carbonyl (C=O) groups is 1. The van der Waals surface area contributed by atoms with Gasteiger partial charge in [0.2, 0.25) is 0 Å². The molecule has 0 saturated heterocycles. The summed E-state index contributed by atoms with van der Waals surface area (Å²) in [6.07, 6.45) is 2.60. The summed E-state index contributed by atoms with van der Waals surface area (Å²) in [7, 11) is 0. The highest BCUT2D eigenvalue weighted by Gasteiger charge is 2.27. The first-order valence-corrected chi connectivity index (χ1v) is 5.32. The van der Waals surface area contributed by atoms with E-state index >= 15 is 0 Å². The zero-order valence-corrected chi connectivity index (χ0v) is 9.50. The van der Waals surface area contributed by atoms with Gasteiger partial charge in [-0.3, -0.25) is 4.79 Å². The number of hydrogen-bond acceptors (Lipinski definition) is 1. The molecule has 1 aromatic rings. The van der Waals surface area contributed by atoms with E-state index in [1.54, 1.807) is 0 Å². The lowest BCUT2D eigenvalue weighted by molar-refractivity contribution is -0.115. The highest BCUT2D eigenvalue weighted by Crippen LogP contribution is 2.32. The van der Waals surface area contributed by atoms with Gasteiger partial charge in [-0.2, -0.15) is 0 Å². The number of allylic oxidation sites excluding steroid dienone is 1. The maximum absolute atomic E-state index is 11.9. The molecule has 0 radical (unpaired) electrons. The van der Waals surface area contributed by atoms with E-state index in [4.69, 9.17) is 0 Å². The fraction of sp³-hybridized carbons (Fsp3) is 0.357. The van der Waals surface area contributed by atoms with Gasteiger partial charge in [0, 0.05) is 12.0 Å². The van der Waals surface area contributed by atoms with Crippen LogP contribution in [0.5, 0.6) is 0 Å². The predicted octanol–water partition coefficient (Wildman–Crippen LogP) is 3.24. The normalized spacial score (nSPS) is 15.9. The van der Waals surface area contributed by atoms with Gasteiger partial charge in [0.05, 0.1) is 0 Å². The van der Waals surface area contributed by atoms with E-state index in [2.05, 4.69) is 26.8 Å². The van der Waals surface area contributed by atoms with Crippen LogP contribution in [0, 0.1) is 5.41 Å². The lowest BCUT2D eigenvalue weighted by Crippen LogP contribution is -2.22. The largest absolute Gasteiger partial charge is 0.294 e. The van der Waals surface area contributed by atoms with Crippen LogP contribution in [0.25, 0.3) is 6.08 Å². The Kier molecular flexibility index (Phi) is 2.26. The van der Waals surface area contributed by atoms with Crippen molar-refractivity contribution in [1.82, 2.24) is 0 Å². The van der Waals surface area contributed by atoms with E-state index in [-0.39, 0.29) is 11.2 Å². The number of benzene rings is 1. The van der Waals surface area contributed by atoms with Gasteiger partial charge in [0.15, 0.2) is 5.78 Å². The van der Waals surface area contributed by atoms with Crippen LogP contribution in [-0.2, 0) is 11.2 Å². The molecule has 2 rings (SSSR count). The summed E-state index contributed by atoms with van der Waals surface area (Å²) >= 11 is 0. The Morgan fingerprint density at radius 3 is 2.47 bits per heavy atom. The molecule has 1 aliphatic rings. The van der Waals surface area contributed by atoms with Crippen LogP contribution in [0.4, 0.5) is 0 Å². The third-order valence-corrected chi connectivity index (χ3v) is 2.81. The first-order valence-electron chi connectivity index (χ1n) is 5.32. The smallest absolute Gasteiger partial charge is 0.163 e. The van der Waals surface area contributed by atoms with E-state index in [1.165, 1.54) is 5.56 Å². The Morgan fingerprint density at radius 2 is 1.80 bits per heavy atom. The van der Waals surface area contributed by atoms with E-state index < -0.39 is 0 Å². The van der Waals surface area contributed by atoms with Gasteiger partial charge in [-0.05, 0) is 22.6 Å². The average Bonchev–Trinajstić information content (AvgIpc) is 2.15. The van der Waals surface area contributed by atoms with Crippen molar-refractivity contribution >= 4 is 11.9 Å². The highest BCUT2D eigenvalue weighted by molar-refractivity contribution is 6.04. The van der Waals surface area contributed by atoms with Crippen molar-refractivity contribution in [3.05, 3.63) is 41.0 Å². The van der Waals surface area contributed by atoms with Gasteiger partial charge in [-0.25, -0.2) is 0 Å². The molecule has 0 spiro atoms.